The van der Waals surface area contributed by atoms with Crippen LogP contribution in [-0.2, 0) is 11.3 Å². The largest absolute Gasteiger partial charge is 0.315 e. The summed E-state index contributed by atoms with van der Waals surface area (Å²) in [6.07, 6.45) is 1.89. The van der Waals surface area contributed by atoms with Crippen LogP contribution in [0.4, 0.5) is 10.1 Å². The van der Waals surface area contributed by atoms with Crippen LogP contribution in [0.25, 0.3) is 0 Å². The van der Waals surface area contributed by atoms with E-state index in [9.17, 15) is 9.18 Å². The number of anilines is 1. The minimum absolute atomic E-state index is 0.0314. The quantitative estimate of drug-likeness (QED) is 0.809. The first-order chi connectivity index (χ1) is 12.0. The molecule has 1 aliphatic rings. The van der Waals surface area contributed by atoms with Gasteiger partial charge in [0.25, 0.3) is 0 Å². The van der Waals surface area contributed by atoms with Crippen LogP contribution in [-0.4, -0.2) is 30.9 Å². The van der Waals surface area contributed by atoms with Crippen molar-refractivity contribution in [3.8, 4) is 0 Å². The zero-order valence-electron chi connectivity index (χ0n) is 14.3. The summed E-state index contributed by atoms with van der Waals surface area (Å²) in [4.78, 5) is 16.8. The fraction of sp³-hybridized carbons (Fsp3) is 0.350. The maximum absolute atomic E-state index is 13.1. The molecule has 0 saturated carbocycles. The molecule has 0 radical (unpaired) electrons. The molecule has 5 heteroatoms. The van der Waals surface area contributed by atoms with Crippen molar-refractivity contribution in [1.82, 2.24) is 4.90 Å². The highest BCUT2D eigenvalue weighted by molar-refractivity contribution is 6.30. The minimum Gasteiger partial charge on any atom is -0.315 e. The van der Waals surface area contributed by atoms with E-state index in [-0.39, 0.29) is 17.6 Å². The van der Waals surface area contributed by atoms with E-state index >= 15 is 0 Å². The van der Waals surface area contributed by atoms with Crippen molar-refractivity contribution < 1.29 is 9.18 Å². The first-order valence-corrected chi connectivity index (χ1v) is 8.90. The monoisotopic (exact) mass is 360 g/mol. The molecule has 0 bridgehead atoms. The molecule has 0 aliphatic carbocycles. The number of carbonyl (C=O) groups is 1. The molecule has 1 saturated heterocycles. The fourth-order valence-electron chi connectivity index (χ4n) is 3.31. The Kier molecular flexibility index (Phi) is 5.71. The smallest absolute Gasteiger partial charge is 0.231 e. The number of piperidine rings is 1. The van der Waals surface area contributed by atoms with Gasteiger partial charge in [-0.25, -0.2) is 4.39 Å². The third-order valence-electron chi connectivity index (χ3n) is 4.72. The number of rotatable bonds is 4. The lowest BCUT2D eigenvalue weighted by Crippen LogP contribution is -2.43. The summed E-state index contributed by atoms with van der Waals surface area (Å²) in [5.41, 5.74) is 1.92. The van der Waals surface area contributed by atoms with Crippen LogP contribution in [0.1, 0.15) is 18.4 Å². The van der Waals surface area contributed by atoms with Crippen LogP contribution < -0.4 is 4.90 Å². The van der Waals surface area contributed by atoms with Gasteiger partial charge in [0.1, 0.15) is 5.82 Å². The second-order valence-corrected chi connectivity index (χ2v) is 7.01. The number of hydrogen-bond donors (Lipinski definition) is 0. The lowest BCUT2D eigenvalue weighted by atomic mass is 9.96. The van der Waals surface area contributed by atoms with Gasteiger partial charge in [0, 0.05) is 30.8 Å². The molecule has 0 unspecified atom stereocenters. The van der Waals surface area contributed by atoms with Gasteiger partial charge in [0.05, 0.1) is 5.92 Å². The zero-order valence-corrected chi connectivity index (χ0v) is 15.0. The van der Waals surface area contributed by atoms with E-state index in [0.29, 0.717) is 0 Å². The molecule has 0 spiro atoms. The van der Waals surface area contributed by atoms with Crippen molar-refractivity contribution in [2.45, 2.75) is 19.4 Å². The number of halogens is 2. The molecule has 1 atom stereocenters. The Morgan fingerprint density at radius 2 is 1.88 bits per heavy atom. The Bertz CT molecular complexity index is 717. The molecule has 132 valence electrons. The van der Waals surface area contributed by atoms with Gasteiger partial charge in [0.15, 0.2) is 0 Å². The summed E-state index contributed by atoms with van der Waals surface area (Å²) in [5.74, 6) is -0.236. The van der Waals surface area contributed by atoms with E-state index < -0.39 is 0 Å². The van der Waals surface area contributed by atoms with Gasteiger partial charge < -0.3 is 4.90 Å². The Morgan fingerprint density at radius 1 is 1.20 bits per heavy atom. The molecule has 2 aromatic carbocycles. The Balaban J connectivity index is 1.62. The third kappa shape index (κ3) is 4.59. The van der Waals surface area contributed by atoms with Crippen LogP contribution in [0.2, 0.25) is 5.02 Å². The molecule has 3 rings (SSSR count). The highest BCUT2D eigenvalue weighted by Crippen LogP contribution is 2.23. The summed E-state index contributed by atoms with van der Waals surface area (Å²) in [6, 6.07) is 13.9. The molecule has 1 aliphatic heterocycles. The maximum Gasteiger partial charge on any atom is 0.231 e. The number of nitrogens with zero attached hydrogens (tertiary/aromatic N) is 2. The van der Waals surface area contributed by atoms with Crippen LogP contribution in [0.5, 0.6) is 0 Å². The number of likely N-dealkylation sites (tertiary alicyclic amines) is 1. The molecular weight excluding hydrogens is 339 g/mol. The molecular formula is C20H22ClFN2O. The Hall–Kier alpha value is -1.91. The van der Waals surface area contributed by atoms with Crippen molar-refractivity contribution in [2.24, 2.45) is 5.92 Å². The Labute approximate surface area is 153 Å². The summed E-state index contributed by atoms with van der Waals surface area (Å²) in [7, 11) is 1.76. The zero-order chi connectivity index (χ0) is 17.8. The average Bonchev–Trinajstić information content (AvgIpc) is 2.63. The molecule has 1 heterocycles. The number of benzene rings is 2. The van der Waals surface area contributed by atoms with E-state index in [0.717, 1.165) is 43.2 Å². The maximum atomic E-state index is 13.1. The van der Waals surface area contributed by atoms with Crippen molar-refractivity contribution in [1.29, 1.82) is 0 Å². The van der Waals surface area contributed by atoms with Gasteiger partial charge in [-0.2, -0.15) is 0 Å². The van der Waals surface area contributed by atoms with Gasteiger partial charge in [-0.05, 0) is 61.3 Å². The second kappa shape index (κ2) is 7.98. The van der Waals surface area contributed by atoms with Crippen molar-refractivity contribution >= 4 is 23.2 Å². The highest BCUT2D eigenvalue weighted by Gasteiger charge is 2.28. The summed E-state index contributed by atoms with van der Waals surface area (Å²) < 4.78 is 13.1. The number of carbonyl (C=O) groups excluding carboxylic acids is 1. The van der Waals surface area contributed by atoms with Gasteiger partial charge in [-0.15, -0.1) is 0 Å². The van der Waals surface area contributed by atoms with E-state index in [2.05, 4.69) is 4.90 Å². The van der Waals surface area contributed by atoms with Gasteiger partial charge in [-0.3, -0.25) is 9.69 Å². The molecule has 0 N–H and O–H groups in total. The van der Waals surface area contributed by atoms with Crippen LogP contribution in [0, 0.1) is 11.7 Å². The van der Waals surface area contributed by atoms with Crippen molar-refractivity contribution in [3.63, 3.8) is 0 Å². The Morgan fingerprint density at radius 3 is 2.56 bits per heavy atom. The van der Waals surface area contributed by atoms with Gasteiger partial charge in [-0.1, -0.05) is 23.7 Å². The van der Waals surface area contributed by atoms with Gasteiger partial charge >= 0.3 is 0 Å². The molecule has 1 amide bonds. The summed E-state index contributed by atoms with van der Waals surface area (Å²) >= 11 is 5.93. The SMILES string of the molecule is CN(C(=O)[C@@H]1CCCN(Cc2ccc(Cl)cc2)C1)c1ccc(F)cc1. The molecule has 3 nitrogen and oxygen atoms in total. The van der Waals surface area contributed by atoms with Crippen molar-refractivity contribution in [2.75, 3.05) is 25.0 Å². The molecule has 25 heavy (non-hydrogen) atoms. The number of amides is 1. The van der Waals surface area contributed by atoms with E-state index in [4.69, 9.17) is 11.6 Å². The normalized spacial score (nSPS) is 18.1. The second-order valence-electron chi connectivity index (χ2n) is 6.57. The fourth-order valence-corrected chi connectivity index (χ4v) is 3.44. The lowest BCUT2D eigenvalue weighted by molar-refractivity contribution is -0.123. The summed E-state index contributed by atoms with van der Waals surface area (Å²) in [6.45, 7) is 2.56. The minimum atomic E-state index is -0.295. The van der Waals surface area contributed by atoms with Crippen molar-refractivity contribution in [3.05, 3.63) is 64.9 Å². The molecule has 1 fully saturated rings. The standard InChI is InChI=1S/C20H22ClFN2O/c1-23(19-10-8-18(22)9-11-19)20(25)16-3-2-12-24(14-16)13-15-4-6-17(21)7-5-15/h4-11,16H,2-3,12-14H2,1H3/t16-/m1/s1. The first kappa shape index (κ1) is 17.9. The average molecular weight is 361 g/mol. The lowest BCUT2D eigenvalue weighted by Gasteiger charge is -2.34. The van der Waals surface area contributed by atoms with E-state index in [1.165, 1.54) is 17.7 Å². The van der Waals surface area contributed by atoms with Crippen LogP contribution in [0.3, 0.4) is 0 Å². The predicted molar refractivity (Wildman–Crippen MR) is 99.3 cm³/mol. The molecule has 2 aromatic rings. The topological polar surface area (TPSA) is 23.6 Å². The van der Waals surface area contributed by atoms with Gasteiger partial charge in [0.2, 0.25) is 5.91 Å². The van der Waals surface area contributed by atoms with Crippen LogP contribution in [0.15, 0.2) is 48.5 Å². The molecule has 0 aromatic heterocycles. The van der Waals surface area contributed by atoms with E-state index in [1.807, 2.05) is 24.3 Å². The summed E-state index contributed by atoms with van der Waals surface area (Å²) in [5, 5.41) is 0.733. The first-order valence-electron chi connectivity index (χ1n) is 8.53. The highest BCUT2D eigenvalue weighted by atomic mass is 35.5. The predicted octanol–water partition coefficient (Wildman–Crippen LogP) is 4.35. The van der Waals surface area contributed by atoms with E-state index in [1.54, 1.807) is 24.1 Å². The van der Waals surface area contributed by atoms with Crippen LogP contribution >= 0.6 is 11.6 Å². The third-order valence-corrected chi connectivity index (χ3v) is 4.97. The number of hydrogen-bond acceptors (Lipinski definition) is 2.